The summed E-state index contributed by atoms with van der Waals surface area (Å²) in [5.41, 5.74) is 0.826. The molecule has 1 atom stereocenters. The van der Waals surface area contributed by atoms with Crippen molar-refractivity contribution in [3.63, 3.8) is 0 Å². The van der Waals surface area contributed by atoms with Crippen LogP contribution in [0.3, 0.4) is 0 Å². The summed E-state index contributed by atoms with van der Waals surface area (Å²) in [6.45, 7) is 10.9. The summed E-state index contributed by atoms with van der Waals surface area (Å²) in [6.07, 6.45) is 1.23. The SMILES string of the molecule is CCOc1ccc(N2C[C@H](NC(=O)NCCCN(CC)CC)CC2=O)cc1. The van der Waals surface area contributed by atoms with E-state index in [1.807, 2.05) is 31.2 Å². The van der Waals surface area contributed by atoms with E-state index in [0.29, 0.717) is 26.1 Å². The topological polar surface area (TPSA) is 73.9 Å². The second-order valence-corrected chi connectivity index (χ2v) is 6.61. The number of rotatable bonds is 10. The highest BCUT2D eigenvalue weighted by atomic mass is 16.5. The van der Waals surface area contributed by atoms with Gasteiger partial charge in [-0.15, -0.1) is 0 Å². The maximum atomic E-state index is 12.3. The van der Waals surface area contributed by atoms with Crippen LogP contribution >= 0.6 is 0 Å². The van der Waals surface area contributed by atoms with Crippen molar-refractivity contribution in [2.24, 2.45) is 0 Å². The van der Waals surface area contributed by atoms with Crippen molar-refractivity contribution in [3.8, 4) is 5.75 Å². The van der Waals surface area contributed by atoms with Crippen LogP contribution in [0.4, 0.5) is 10.5 Å². The molecule has 2 rings (SSSR count). The van der Waals surface area contributed by atoms with Gasteiger partial charge in [-0.1, -0.05) is 13.8 Å². The molecule has 2 N–H and O–H groups in total. The van der Waals surface area contributed by atoms with E-state index in [9.17, 15) is 9.59 Å². The molecule has 0 aliphatic carbocycles. The number of hydrogen-bond acceptors (Lipinski definition) is 4. The molecule has 0 bridgehead atoms. The second kappa shape index (κ2) is 10.8. The van der Waals surface area contributed by atoms with E-state index in [0.717, 1.165) is 37.5 Å². The molecule has 1 fully saturated rings. The van der Waals surface area contributed by atoms with Crippen LogP contribution < -0.4 is 20.3 Å². The van der Waals surface area contributed by atoms with Crippen molar-refractivity contribution in [2.75, 3.05) is 44.2 Å². The van der Waals surface area contributed by atoms with Crippen LogP contribution in [0.2, 0.25) is 0 Å². The number of amides is 3. The lowest BCUT2D eigenvalue weighted by atomic mass is 10.2. The molecule has 0 spiro atoms. The number of urea groups is 1. The van der Waals surface area contributed by atoms with Crippen molar-refractivity contribution in [2.45, 2.75) is 39.7 Å². The lowest BCUT2D eigenvalue weighted by Crippen LogP contribution is -2.44. The van der Waals surface area contributed by atoms with E-state index in [2.05, 4.69) is 29.4 Å². The Kier molecular flexibility index (Phi) is 8.39. The van der Waals surface area contributed by atoms with Crippen LogP contribution in [0.5, 0.6) is 5.75 Å². The van der Waals surface area contributed by atoms with Crippen LogP contribution in [0, 0.1) is 0 Å². The molecule has 1 aliphatic rings. The largest absolute Gasteiger partial charge is 0.494 e. The predicted molar refractivity (Wildman–Crippen MR) is 107 cm³/mol. The summed E-state index contributed by atoms with van der Waals surface area (Å²) in [5.74, 6) is 0.803. The predicted octanol–water partition coefficient (Wildman–Crippen LogP) is 2.22. The van der Waals surface area contributed by atoms with Gasteiger partial charge in [0.1, 0.15) is 5.75 Å². The van der Waals surface area contributed by atoms with Gasteiger partial charge in [0.05, 0.1) is 12.6 Å². The van der Waals surface area contributed by atoms with Crippen molar-refractivity contribution in [1.82, 2.24) is 15.5 Å². The maximum Gasteiger partial charge on any atom is 0.315 e. The third-order valence-corrected chi connectivity index (χ3v) is 4.75. The zero-order chi connectivity index (χ0) is 19.6. The third-order valence-electron chi connectivity index (χ3n) is 4.75. The fourth-order valence-electron chi connectivity index (χ4n) is 3.22. The average molecular weight is 377 g/mol. The van der Waals surface area contributed by atoms with Gasteiger partial charge in [-0.2, -0.15) is 0 Å². The Morgan fingerprint density at radius 3 is 2.56 bits per heavy atom. The monoisotopic (exact) mass is 376 g/mol. The van der Waals surface area contributed by atoms with Crippen molar-refractivity contribution in [1.29, 1.82) is 0 Å². The first kappa shape index (κ1) is 21.0. The first-order chi connectivity index (χ1) is 13.1. The van der Waals surface area contributed by atoms with Crippen LogP contribution in [-0.2, 0) is 4.79 Å². The zero-order valence-corrected chi connectivity index (χ0v) is 16.7. The first-order valence-corrected chi connectivity index (χ1v) is 9.87. The first-order valence-electron chi connectivity index (χ1n) is 9.87. The van der Waals surface area contributed by atoms with Gasteiger partial charge < -0.3 is 25.2 Å². The number of hydrogen-bond donors (Lipinski definition) is 2. The van der Waals surface area contributed by atoms with Gasteiger partial charge in [0, 0.05) is 25.2 Å². The molecule has 0 saturated carbocycles. The fourth-order valence-corrected chi connectivity index (χ4v) is 3.22. The highest BCUT2D eigenvalue weighted by molar-refractivity contribution is 5.96. The van der Waals surface area contributed by atoms with Crippen LogP contribution in [0.1, 0.15) is 33.6 Å². The van der Waals surface area contributed by atoms with E-state index in [4.69, 9.17) is 4.74 Å². The van der Waals surface area contributed by atoms with Crippen molar-refractivity contribution in [3.05, 3.63) is 24.3 Å². The van der Waals surface area contributed by atoms with Crippen molar-refractivity contribution >= 4 is 17.6 Å². The molecule has 0 radical (unpaired) electrons. The zero-order valence-electron chi connectivity index (χ0n) is 16.7. The molecular weight excluding hydrogens is 344 g/mol. The van der Waals surface area contributed by atoms with E-state index in [-0.39, 0.29) is 18.0 Å². The Balaban J connectivity index is 1.75. The quantitative estimate of drug-likeness (QED) is 0.614. The molecular formula is C20H32N4O3. The van der Waals surface area contributed by atoms with Crippen LogP contribution in [0.15, 0.2) is 24.3 Å². The maximum absolute atomic E-state index is 12.3. The van der Waals surface area contributed by atoms with Gasteiger partial charge in [0.25, 0.3) is 0 Å². The molecule has 27 heavy (non-hydrogen) atoms. The van der Waals surface area contributed by atoms with Crippen LogP contribution in [0.25, 0.3) is 0 Å². The number of ether oxygens (including phenoxy) is 1. The Labute approximate surface area is 162 Å². The third kappa shape index (κ3) is 6.43. The number of anilines is 1. The molecule has 150 valence electrons. The summed E-state index contributed by atoms with van der Waals surface area (Å²) in [4.78, 5) is 28.4. The fraction of sp³-hybridized carbons (Fsp3) is 0.600. The Morgan fingerprint density at radius 1 is 1.22 bits per heavy atom. The Bertz CT molecular complexity index is 602. The number of nitrogens with zero attached hydrogens (tertiary/aromatic N) is 2. The van der Waals surface area contributed by atoms with E-state index in [1.54, 1.807) is 4.90 Å². The molecule has 1 heterocycles. The smallest absolute Gasteiger partial charge is 0.315 e. The minimum Gasteiger partial charge on any atom is -0.494 e. The summed E-state index contributed by atoms with van der Waals surface area (Å²) in [7, 11) is 0. The standard InChI is InChI=1S/C20H32N4O3/c1-4-23(5-2)13-7-12-21-20(26)22-16-14-19(25)24(15-16)17-8-10-18(11-9-17)27-6-3/h8-11,16H,4-7,12-15H2,1-3H3,(H2,21,22,26)/t16-/m1/s1. The summed E-state index contributed by atoms with van der Waals surface area (Å²) in [5, 5.41) is 5.79. The molecule has 1 aliphatic heterocycles. The molecule has 3 amide bonds. The van der Waals surface area contributed by atoms with E-state index in [1.165, 1.54) is 0 Å². The normalized spacial score (nSPS) is 16.7. The highest BCUT2D eigenvalue weighted by Crippen LogP contribution is 2.24. The lowest BCUT2D eigenvalue weighted by Gasteiger charge is -2.19. The number of benzene rings is 1. The second-order valence-electron chi connectivity index (χ2n) is 6.61. The van der Waals surface area contributed by atoms with Gasteiger partial charge in [0.2, 0.25) is 5.91 Å². The molecule has 7 heteroatoms. The molecule has 1 saturated heterocycles. The molecule has 1 aromatic rings. The number of carbonyl (C=O) groups is 2. The molecule has 1 aromatic carbocycles. The van der Waals surface area contributed by atoms with Gasteiger partial charge in [-0.3, -0.25) is 4.79 Å². The van der Waals surface area contributed by atoms with Gasteiger partial charge in [-0.25, -0.2) is 4.79 Å². The Morgan fingerprint density at radius 2 is 1.93 bits per heavy atom. The minimum atomic E-state index is -0.208. The van der Waals surface area contributed by atoms with Gasteiger partial charge in [0.15, 0.2) is 0 Å². The number of nitrogens with one attached hydrogen (secondary N) is 2. The Hall–Kier alpha value is -2.28. The summed E-state index contributed by atoms with van der Waals surface area (Å²) < 4.78 is 5.43. The van der Waals surface area contributed by atoms with Gasteiger partial charge >= 0.3 is 6.03 Å². The van der Waals surface area contributed by atoms with Gasteiger partial charge in [-0.05, 0) is 57.2 Å². The summed E-state index contributed by atoms with van der Waals surface area (Å²) in [6, 6.07) is 7.08. The molecule has 7 nitrogen and oxygen atoms in total. The average Bonchev–Trinajstić information content (AvgIpc) is 3.03. The van der Waals surface area contributed by atoms with E-state index < -0.39 is 0 Å². The summed E-state index contributed by atoms with van der Waals surface area (Å²) >= 11 is 0. The van der Waals surface area contributed by atoms with Crippen LogP contribution in [-0.4, -0.2) is 62.2 Å². The minimum absolute atomic E-state index is 0.0194. The molecule has 0 unspecified atom stereocenters. The lowest BCUT2D eigenvalue weighted by molar-refractivity contribution is -0.117. The number of carbonyl (C=O) groups excluding carboxylic acids is 2. The molecule has 0 aromatic heterocycles. The highest BCUT2D eigenvalue weighted by Gasteiger charge is 2.31. The van der Waals surface area contributed by atoms with E-state index >= 15 is 0 Å². The van der Waals surface area contributed by atoms with Crippen molar-refractivity contribution < 1.29 is 14.3 Å².